The molecule has 0 atom stereocenters. The molecule has 2 nitrogen and oxygen atoms in total. The summed E-state index contributed by atoms with van der Waals surface area (Å²) in [4.78, 5) is 2.38. The highest BCUT2D eigenvalue weighted by molar-refractivity contribution is 6.05. The van der Waals surface area contributed by atoms with E-state index in [-0.39, 0.29) is 0 Å². The summed E-state index contributed by atoms with van der Waals surface area (Å²) in [5.41, 5.74) is 17.2. The van der Waals surface area contributed by atoms with E-state index < -0.39 is 5.41 Å². The lowest BCUT2D eigenvalue weighted by molar-refractivity contribution is 0.507. The minimum Gasteiger partial charge on any atom is -0.459 e. The van der Waals surface area contributed by atoms with Crippen LogP contribution in [-0.4, -0.2) is 0 Å². The van der Waals surface area contributed by atoms with Crippen LogP contribution in [0, 0.1) is 0 Å². The van der Waals surface area contributed by atoms with Crippen molar-refractivity contribution in [3.05, 3.63) is 223 Å². The maximum atomic E-state index is 6.99. The highest BCUT2D eigenvalue weighted by Gasteiger charge is 2.55. The molecule has 0 unspecified atom stereocenters. The van der Waals surface area contributed by atoms with Crippen LogP contribution in [0.5, 0.6) is 0 Å². The second-order valence-corrected chi connectivity index (χ2v) is 14.0. The van der Waals surface area contributed by atoms with E-state index >= 15 is 0 Å². The van der Waals surface area contributed by atoms with Crippen LogP contribution in [0.3, 0.4) is 0 Å². The van der Waals surface area contributed by atoms with Gasteiger partial charge < -0.3 is 9.32 Å². The number of rotatable bonds is 5. The van der Waals surface area contributed by atoms with Gasteiger partial charge in [-0.25, -0.2) is 0 Å². The number of hydrogen-bond acceptors (Lipinski definition) is 2. The third-order valence-electron chi connectivity index (χ3n) is 11.3. The smallest absolute Gasteiger partial charge is 0.135 e. The second kappa shape index (κ2) is 11.6. The Kier molecular flexibility index (Phi) is 6.50. The van der Waals surface area contributed by atoms with E-state index in [1.807, 2.05) is 0 Å². The fraction of sp³-hybridized carbons (Fsp3) is 0.0196. The number of para-hydroxylation sites is 2. The van der Waals surface area contributed by atoms with Crippen LogP contribution >= 0.6 is 0 Å². The van der Waals surface area contributed by atoms with Crippen LogP contribution in [0.25, 0.3) is 55.5 Å². The maximum Gasteiger partial charge on any atom is 0.135 e. The Hall–Kier alpha value is -6.90. The molecule has 2 heteroatoms. The molecule has 11 rings (SSSR count). The second-order valence-electron chi connectivity index (χ2n) is 14.0. The lowest BCUT2D eigenvalue weighted by atomic mass is 9.73. The van der Waals surface area contributed by atoms with Gasteiger partial charge in [-0.05, 0) is 98.1 Å². The fourth-order valence-electron chi connectivity index (χ4n) is 8.98. The molecule has 8 aromatic carbocycles. The minimum atomic E-state index is -0.578. The molecule has 1 aromatic heterocycles. The van der Waals surface area contributed by atoms with Crippen LogP contribution in [0.15, 0.2) is 205 Å². The van der Waals surface area contributed by atoms with Crippen molar-refractivity contribution in [1.29, 1.82) is 0 Å². The van der Waals surface area contributed by atoms with Crippen molar-refractivity contribution in [2.45, 2.75) is 5.41 Å². The number of anilines is 3. The normalized spacial score (nSPS) is 13.1. The fourth-order valence-corrected chi connectivity index (χ4v) is 8.98. The van der Waals surface area contributed by atoms with Gasteiger partial charge in [0.05, 0.1) is 0 Å². The first kappa shape index (κ1) is 29.8. The minimum absolute atomic E-state index is 0.578. The van der Waals surface area contributed by atoms with Crippen LogP contribution in [-0.2, 0) is 5.41 Å². The molecule has 0 saturated heterocycles. The van der Waals surface area contributed by atoms with E-state index in [4.69, 9.17) is 4.42 Å². The Morgan fingerprint density at radius 1 is 0.358 bits per heavy atom. The lowest BCUT2D eigenvalue weighted by Gasteiger charge is -2.31. The van der Waals surface area contributed by atoms with E-state index in [0.29, 0.717) is 0 Å². The summed E-state index contributed by atoms with van der Waals surface area (Å²) >= 11 is 0. The van der Waals surface area contributed by atoms with E-state index in [0.717, 1.165) is 33.8 Å². The van der Waals surface area contributed by atoms with Gasteiger partial charge in [0.1, 0.15) is 16.8 Å². The van der Waals surface area contributed by atoms with Crippen molar-refractivity contribution < 1.29 is 4.42 Å². The molecule has 0 bridgehead atoms. The highest BCUT2D eigenvalue weighted by Crippen LogP contribution is 2.65. The predicted molar refractivity (Wildman–Crippen MR) is 218 cm³/mol. The molecular weight excluding hydrogens is 643 g/mol. The molecule has 0 radical (unpaired) electrons. The van der Waals surface area contributed by atoms with E-state index in [1.165, 1.54) is 61.2 Å². The van der Waals surface area contributed by atoms with Gasteiger partial charge in [0.25, 0.3) is 0 Å². The molecule has 2 aliphatic rings. The predicted octanol–water partition coefficient (Wildman–Crippen LogP) is 13.6. The van der Waals surface area contributed by atoms with Gasteiger partial charge >= 0.3 is 0 Å². The number of fused-ring (bicyclic) bond motifs is 12. The molecule has 2 aliphatic carbocycles. The summed E-state index contributed by atoms with van der Waals surface area (Å²) in [5, 5.41) is 1.16. The molecular formula is C51H33NO. The van der Waals surface area contributed by atoms with Crippen LogP contribution < -0.4 is 4.90 Å². The first-order valence-corrected chi connectivity index (χ1v) is 18.3. The zero-order valence-corrected chi connectivity index (χ0v) is 28.9. The summed E-state index contributed by atoms with van der Waals surface area (Å²) in [5.74, 6) is 1.01. The molecule has 0 amide bonds. The van der Waals surface area contributed by atoms with Crippen LogP contribution in [0.1, 0.15) is 22.5 Å². The van der Waals surface area contributed by atoms with Crippen LogP contribution in [0.4, 0.5) is 17.1 Å². The van der Waals surface area contributed by atoms with E-state index in [2.05, 4.69) is 205 Å². The van der Waals surface area contributed by atoms with Gasteiger partial charge in [-0.3, -0.25) is 0 Å². The standard InChI is InChI=1S/C51H33NO/c1-3-13-34(14-4-1)35-23-25-36(26-24-35)37-27-29-39(30-28-37)52(38-15-5-2-6-16-38)40-31-32-43-47(33-40)51(50-49(43)44-19-9-12-22-48(44)53-50)45-20-10-7-17-41(45)42-18-8-11-21-46(42)51/h1-33H. The van der Waals surface area contributed by atoms with Gasteiger partial charge in [0, 0.05) is 28.0 Å². The first-order valence-electron chi connectivity index (χ1n) is 18.3. The topological polar surface area (TPSA) is 16.4 Å². The summed E-state index contributed by atoms with van der Waals surface area (Å²) in [6.45, 7) is 0. The number of furan rings is 1. The van der Waals surface area contributed by atoms with Crippen molar-refractivity contribution in [3.8, 4) is 44.5 Å². The molecule has 9 aromatic rings. The van der Waals surface area contributed by atoms with Crippen molar-refractivity contribution in [1.82, 2.24) is 0 Å². The summed E-state index contributed by atoms with van der Waals surface area (Å²) in [7, 11) is 0. The largest absolute Gasteiger partial charge is 0.459 e. The average molecular weight is 676 g/mol. The molecule has 1 spiro atoms. The van der Waals surface area contributed by atoms with Crippen molar-refractivity contribution >= 4 is 28.0 Å². The van der Waals surface area contributed by atoms with Crippen molar-refractivity contribution in [2.75, 3.05) is 4.90 Å². The van der Waals surface area contributed by atoms with Gasteiger partial charge in [-0.1, -0.05) is 158 Å². The number of hydrogen-bond donors (Lipinski definition) is 0. The quantitative estimate of drug-likeness (QED) is 0.181. The molecule has 1 heterocycles. The Labute approximate surface area is 308 Å². The van der Waals surface area contributed by atoms with E-state index in [1.54, 1.807) is 0 Å². The summed E-state index contributed by atoms with van der Waals surface area (Å²) in [6.07, 6.45) is 0. The molecule has 0 fully saturated rings. The highest BCUT2D eigenvalue weighted by atomic mass is 16.3. The Bertz CT molecular complexity index is 2770. The Balaban J connectivity index is 1.08. The van der Waals surface area contributed by atoms with Crippen molar-refractivity contribution in [2.24, 2.45) is 0 Å². The number of nitrogens with zero attached hydrogens (tertiary/aromatic N) is 1. The van der Waals surface area contributed by atoms with E-state index in [9.17, 15) is 0 Å². The first-order chi connectivity index (χ1) is 26.3. The van der Waals surface area contributed by atoms with Gasteiger partial charge in [-0.2, -0.15) is 0 Å². The molecule has 0 aliphatic heterocycles. The third-order valence-corrected chi connectivity index (χ3v) is 11.3. The third kappa shape index (κ3) is 4.33. The number of benzene rings is 8. The average Bonchev–Trinajstić information content (AvgIpc) is 3.86. The Morgan fingerprint density at radius 2 is 0.849 bits per heavy atom. The molecule has 53 heavy (non-hydrogen) atoms. The van der Waals surface area contributed by atoms with Gasteiger partial charge in [-0.15, -0.1) is 0 Å². The summed E-state index contributed by atoms with van der Waals surface area (Å²) < 4.78 is 6.99. The monoisotopic (exact) mass is 675 g/mol. The SMILES string of the molecule is c1ccc(-c2ccc(-c3ccc(N(c4ccccc4)c4ccc5c(c4)C4(c6ccccc6-c6ccccc64)c4oc6ccccc6c4-5)cc3)cc2)cc1. The zero-order valence-electron chi connectivity index (χ0n) is 28.9. The van der Waals surface area contributed by atoms with Gasteiger partial charge in [0.2, 0.25) is 0 Å². The lowest BCUT2D eigenvalue weighted by Crippen LogP contribution is -2.25. The maximum absolute atomic E-state index is 6.99. The summed E-state index contributed by atoms with van der Waals surface area (Å²) in [6, 6.07) is 72.3. The Morgan fingerprint density at radius 3 is 1.51 bits per heavy atom. The molecule has 248 valence electrons. The van der Waals surface area contributed by atoms with Crippen LogP contribution in [0.2, 0.25) is 0 Å². The van der Waals surface area contributed by atoms with Gasteiger partial charge in [0.15, 0.2) is 0 Å². The van der Waals surface area contributed by atoms with Crippen molar-refractivity contribution in [3.63, 3.8) is 0 Å². The molecule has 0 N–H and O–H groups in total. The molecule has 0 saturated carbocycles. The zero-order chi connectivity index (χ0) is 34.9.